The van der Waals surface area contributed by atoms with E-state index in [9.17, 15) is 27.6 Å². The molecule has 0 spiro atoms. The van der Waals surface area contributed by atoms with Crippen LogP contribution in [0.25, 0.3) is 0 Å². The standard InChI is InChI=1S/C12H12N2O6S/c15-9-1-2-10(16)13(9)5-7-21(19,20)8-6-14-11(17)3-4-12(14)18/h1-4H,5-8H2. The normalized spacial score (nSPS) is 18.5. The Bertz CT molecular complexity index is 588. The first-order chi connectivity index (χ1) is 9.80. The molecule has 0 aliphatic carbocycles. The van der Waals surface area contributed by atoms with Crippen molar-refractivity contribution in [3.8, 4) is 0 Å². The van der Waals surface area contributed by atoms with Gasteiger partial charge < -0.3 is 0 Å². The number of nitrogens with zero attached hydrogens (tertiary/aromatic N) is 2. The lowest BCUT2D eigenvalue weighted by Gasteiger charge is -2.16. The summed E-state index contributed by atoms with van der Waals surface area (Å²) in [6.07, 6.45) is 4.29. The lowest BCUT2D eigenvalue weighted by Crippen LogP contribution is -2.38. The fraction of sp³-hybridized carbons (Fsp3) is 0.333. The minimum absolute atomic E-state index is 0.243. The summed E-state index contributed by atoms with van der Waals surface area (Å²) >= 11 is 0. The topological polar surface area (TPSA) is 109 Å². The second-order valence-electron chi connectivity index (χ2n) is 4.47. The Morgan fingerprint density at radius 3 is 1.24 bits per heavy atom. The summed E-state index contributed by atoms with van der Waals surface area (Å²) in [4.78, 5) is 46.7. The van der Waals surface area contributed by atoms with Crippen molar-refractivity contribution in [3.63, 3.8) is 0 Å². The lowest BCUT2D eigenvalue weighted by molar-refractivity contribution is -0.137. The van der Waals surface area contributed by atoms with E-state index in [1.54, 1.807) is 0 Å². The fourth-order valence-electron chi connectivity index (χ4n) is 1.87. The van der Waals surface area contributed by atoms with Gasteiger partial charge in [-0.3, -0.25) is 29.0 Å². The fourth-order valence-corrected chi connectivity index (χ4v) is 2.99. The summed E-state index contributed by atoms with van der Waals surface area (Å²) < 4.78 is 23.7. The zero-order valence-corrected chi connectivity index (χ0v) is 11.7. The van der Waals surface area contributed by atoms with Gasteiger partial charge in [-0.05, 0) is 0 Å². The first-order valence-corrected chi connectivity index (χ1v) is 7.90. The first-order valence-electron chi connectivity index (χ1n) is 6.08. The van der Waals surface area contributed by atoms with E-state index in [-0.39, 0.29) is 13.1 Å². The molecule has 2 rings (SSSR count). The van der Waals surface area contributed by atoms with E-state index in [2.05, 4.69) is 0 Å². The Kier molecular flexibility index (Phi) is 4.03. The summed E-state index contributed by atoms with van der Waals surface area (Å²) in [5, 5.41) is 0. The lowest BCUT2D eigenvalue weighted by atomic mass is 10.5. The molecule has 9 heteroatoms. The van der Waals surface area contributed by atoms with Crippen LogP contribution in [0.5, 0.6) is 0 Å². The van der Waals surface area contributed by atoms with Gasteiger partial charge in [-0.15, -0.1) is 0 Å². The van der Waals surface area contributed by atoms with Crippen molar-refractivity contribution in [2.45, 2.75) is 0 Å². The maximum absolute atomic E-state index is 11.8. The predicted molar refractivity (Wildman–Crippen MR) is 70.4 cm³/mol. The van der Waals surface area contributed by atoms with E-state index in [1.807, 2.05) is 0 Å². The SMILES string of the molecule is O=C1C=CC(=O)N1CCS(=O)(=O)CCN1C(=O)C=CC1=O. The van der Waals surface area contributed by atoms with Gasteiger partial charge in [0.25, 0.3) is 23.6 Å². The largest absolute Gasteiger partial charge is 0.274 e. The van der Waals surface area contributed by atoms with Gasteiger partial charge in [0.2, 0.25) is 0 Å². The second kappa shape index (κ2) is 5.60. The quantitative estimate of drug-likeness (QED) is 0.538. The maximum atomic E-state index is 11.8. The Hall–Kier alpha value is -2.29. The molecule has 2 aliphatic heterocycles. The highest BCUT2D eigenvalue weighted by molar-refractivity contribution is 7.91. The Balaban J connectivity index is 1.85. The van der Waals surface area contributed by atoms with E-state index in [0.717, 1.165) is 34.1 Å². The van der Waals surface area contributed by atoms with Crippen LogP contribution < -0.4 is 0 Å². The third-order valence-corrected chi connectivity index (χ3v) is 4.66. The van der Waals surface area contributed by atoms with Gasteiger partial charge in [0.1, 0.15) is 0 Å². The van der Waals surface area contributed by atoms with Crippen LogP contribution in [-0.2, 0) is 29.0 Å². The first kappa shape index (κ1) is 15.1. The molecular formula is C12H12N2O6S. The number of carbonyl (C=O) groups excluding carboxylic acids is 4. The van der Waals surface area contributed by atoms with Crippen LogP contribution in [0.15, 0.2) is 24.3 Å². The van der Waals surface area contributed by atoms with E-state index in [4.69, 9.17) is 0 Å². The summed E-state index contributed by atoms with van der Waals surface area (Å²) in [5.74, 6) is -3.02. The molecule has 0 saturated carbocycles. The minimum atomic E-state index is -3.60. The molecule has 0 aromatic rings. The monoisotopic (exact) mass is 312 g/mol. The van der Waals surface area contributed by atoms with Crippen LogP contribution in [0.1, 0.15) is 0 Å². The summed E-state index contributed by atoms with van der Waals surface area (Å²) in [5.41, 5.74) is 0. The third kappa shape index (κ3) is 3.43. The Morgan fingerprint density at radius 1 is 0.667 bits per heavy atom. The van der Waals surface area contributed by atoms with Crippen LogP contribution in [0.3, 0.4) is 0 Å². The number of hydrogen-bond donors (Lipinski definition) is 0. The molecule has 0 aromatic carbocycles. The van der Waals surface area contributed by atoms with E-state index >= 15 is 0 Å². The molecule has 0 unspecified atom stereocenters. The van der Waals surface area contributed by atoms with E-state index in [1.165, 1.54) is 0 Å². The van der Waals surface area contributed by atoms with Crippen molar-refractivity contribution in [1.82, 2.24) is 9.80 Å². The maximum Gasteiger partial charge on any atom is 0.253 e. The average Bonchev–Trinajstić information content (AvgIpc) is 2.89. The minimum Gasteiger partial charge on any atom is -0.274 e. The van der Waals surface area contributed by atoms with Crippen LogP contribution in [0, 0.1) is 0 Å². The second-order valence-corrected chi connectivity index (χ2v) is 6.78. The molecule has 112 valence electrons. The van der Waals surface area contributed by atoms with Crippen molar-refractivity contribution in [1.29, 1.82) is 0 Å². The third-order valence-electron chi connectivity index (χ3n) is 3.05. The van der Waals surface area contributed by atoms with Crippen molar-refractivity contribution < 1.29 is 27.6 Å². The van der Waals surface area contributed by atoms with E-state index < -0.39 is 45.0 Å². The van der Waals surface area contributed by atoms with Gasteiger partial charge in [-0.25, -0.2) is 8.42 Å². The molecule has 0 fully saturated rings. The molecule has 4 amide bonds. The number of amides is 4. The van der Waals surface area contributed by atoms with Crippen LogP contribution >= 0.6 is 0 Å². The number of hydrogen-bond acceptors (Lipinski definition) is 6. The smallest absolute Gasteiger partial charge is 0.253 e. The molecule has 0 atom stereocenters. The van der Waals surface area contributed by atoms with Crippen molar-refractivity contribution in [3.05, 3.63) is 24.3 Å². The molecule has 2 aliphatic rings. The summed E-state index contributed by atoms with van der Waals surface area (Å²) in [7, 11) is -3.60. The summed E-state index contributed by atoms with van der Waals surface area (Å²) in [6.45, 7) is -0.486. The van der Waals surface area contributed by atoms with Crippen LogP contribution in [0.4, 0.5) is 0 Å². The highest BCUT2D eigenvalue weighted by atomic mass is 32.2. The van der Waals surface area contributed by atoms with Crippen LogP contribution in [0.2, 0.25) is 0 Å². The molecular weight excluding hydrogens is 300 g/mol. The Labute approximate surface area is 120 Å². The Morgan fingerprint density at radius 2 is 0.952 bits per heavy atom. The molecule has 0 saturated heterocycles. The van der Waals surface area contributed by atoms with Crippen molar-refractivity contribution >= 4 is 33.5 Å². The number of rotatable bonds is 6. The summed E-state index contributed by atoms with van der Waals surface area (Å²) in [6, 6.07) is 0. The average molecular weight is 312 g/mol. The molecule has 0 aromatic heterocycles. The highest BCUT2D eigenvalue weighted by Crippen LogP contribution is 2.06. The van der Waals surface area contributed by atoms with Crippen molar-refractivity contribution in [2.24, 2.45) is 0 Å². The molecule has 21 heavy (non-hydrogen) atoms. The highest BCUT2D eigenvalue weighted by Gasteiger charge is 2.27. The molecule has 0 radical (unpaired) electrons. The van der Waals surface area contributed by atoms with Gasteiger partial charge in [0.05, 0.1) is 11.5 Å². The molecule has 0 bridgehead atoms. The van der Waals surface area contributed by atoms with Gasteiger partial charge in [0, 0.05) is 37.4 Å². The zero-order chi connectivity index (χ0) is 15.6. The number of sulfone groups is 1. The predicted octanol–water partition coefficient (Wildman–Crippen LogP) is -1.75. The van der Waals surface area contributed by atoms with Gasteiger partial charge in [-0.2, -0.15) is 0 Å². The number of imide groups is 2. The van der Waals surface area contributed by atoms with Gasteiger partial charge in [0.15, 0.2) is 9.84 Å². The molecule has 8 nitrogen and oxygen atoms in total. The van der Waals surface area contributed by atoms with Crippen molar-refractivity contribution in [2.75, 3.05) is 24.6 Å². The van der Waals surface area contributed by atoms with Gasteiger partial charge in [-0.1, -0.05) is 0 Å². The molecule has 2 heterocycles. The zero-order valence-electron chi connectivity index (χ0n) is 10.9. The number of carbonyl (C=O) groups is 4. The van der Waals surface area contributed by atoms with Gasteiger partial charge >= 0.3 is 0 Å². The molecule has 0 N–H and O–H groups in total. The van der Waals surface area contributed by atoms with E-state index in [0.29, 0.717) is 0 Å². The van der Waals surface area contributed by atoms with Crippen LogP contribution in [-0.4, -0.2) is 66.4 Å².